The minimum absolute atomic E-state index is 0.333. The van der Waals surface area contributed by atoms with E-state index in [0.29, 0.717) is 18.6 Å². The summed E-state index contributed by atoms with van der Waals surface area (Å²) < 4.78 is 18.3. The molecule has 0 heterocycles. The predicted molar refractivity (Wildman–Crippen MR) is 57.2 cm³/mol. The summed E-state index contributed by atoms with van der Waals surface area (Å²) >= 11 is 0. The van der Waals surface area contributed by atoms with Crippen LogP contribution in [0.15, 0.2) is 18.2 Å². The zero-order chi connectivity index (χ0) is 11.3. The fourth-order valence-corrected chi connectivity index (χ4v) is 1.48. The largest absolute Gasteiger partial charge is 0.388 e. The molecule has 2 nitrogen and oxygen atoms in total. The molecule has 0 aliphatic carbocycles. The number of benzene rings is 1. The highest BCUT2D eigenvalue weighted by Gasteiger charge is 2.11. The molecule has 1 aromatic rings. The first-order chi connectivity index (χ1) is 7.15. The monoisotopic (exact) mass is 212 g/mol. The molecule has 3 heteroatoms. The average molecular weight is 212 g/mol. The third kappa shape index (κ3) is 3.61. The SMILES string of the molecule is COCCCC(O)c1ccc(C)cc1F. The number of hydrogen-bond acceptors (Lipinski definition) is 2. The minimum Gasteiger partial charge on any atom is -0.388 e. The molecule has 0 saturated carbocycles. The lowest BCUT2D eigenvalue weighted by atomic mass is 10.0. The number of aliphatic hydroxyl groups is 1. The van der Waals surface area contributed by atoms with E-state index in [1.807, 2.05) is 6.92 Å². The molecule has 0 spiro atoms. The van der Waals surface area contributed by atoms with Gasteiger partial charge in [-0.1, -0.05) is 12.1 Å². The van der Waals surface area contributed by atoms with Crippen LogP contribution in [0.5, 0.6) is 0 Å². The first-order valence-corrected chi connectivity index (χ1v) is 5.08. The standard InChI is InChI=1S/C12H17FO2/c1-9-5-6-10(11(13)8-9)12(14)4-3-7-15-2/h5-6,8,12,14H,3-4,7H2,1-2H3. The maximum atomic E-state index is 13.4. The highest BCUT2D eigenvalue weighted by molar-refractivity contribution is 5.25. The zero-order valence-electron chi connectivity index (χ0n) is 9.16. The van der Waals surface area contributed by atoms with Crippen LogP contribution in [0.2, 0.25) is 0 Å². The smallest absolute Gasteiger partial charge is 0.129 e. The van der Waals surface area contributed by atoms with Crippen molar-refractivity contribution >= 4 is 0 Å². The molecule has 1 aromatic carbocycles. The molecule has 0 amide bonds. The second-order valence-electron chi connectivity index (χ2n) is 3.68. The van der Waals surface area contributed by atoms with Crippen LogP contribution >= 0.6 is 0 Å². The number of aryl methyl sites for hydroxylation is 1. The molecule has 1 rings (SSSR count). The first kappa shape index (κ1) is 12.1. The van der Waals surface area contributed by atoms with Gasteiger partial charge in [0.25, 0.3) is 0 Å². The van der Waals surface area contributed by atoms with E-state index in [1.54, 1.807) is 19.2 Å². The summed E-state index contributed by atoms with van der Waals surface area (Å²) in [5.74, 6) is -0.333. The van der Waals surface area contributed by atoms with Crippen LogP contribution in [0.4, 0.5) is 4.39 Å². The fraction of sp³-hybridized carbons (Fsp3) is 0.500. The van der Waals surface area contributed by atoms with E-state index in [2.05, 4.69) is 0 Å². The Morgan fingerprint density at radius 2 is 2.20 bits per heavy atom. The van der Waals surface area contributed by atoms with Gasteiger partial charge in [0.15, 0.2) is 0 Å². The number of aliphatic hydroxyl groups excluding tert-OH is 1. The number of methoxy groups -OCH3 is 1. The van der Waals surface area contributed by atoms with Crippen LogP contribution in [0.1, 0.15) is 30.1 Å². The molecule has 0 fully saturated rings. The Kier molecular flexibility index (Phi) is 4.72. The molecule has 0 aliphatic rings. The maximum absolute atomic E-state index is 13.4. The van der Waals surface area contributed by atoms with Crippen molar-refractivity contribution in [1.82, 2.24) is 0 Å². The van der Waals surface area contributed by atoms with Gasteiger partial charge in [-0.2, -0.15) is 0 Å². The minimum atomic E-state index is -0.735. The van der Waals surface area contributed by atoms with Crippen LogP contribution in [0.25, 0.3) is 0 Å². The van der Waals surface area contributed by atoms with Gasteiger partial charge in [-0.25, -0.2) is 4.39 Å². The molecular weight excluding hydrogens is 195 g/mol. The van der Waals surface area contributed by atoms with Crippen molar-refractivity contribution in [3.8, 4) is 0 Å². The number of ether oxygens (including phenoxy) is 1. The van der Waals surface area contributed by atoms with Crippen LogP contribution in [0, 0.1) is 12.7 Å². The summed E-state index contributed by atoms with van der Waals surface area (Å²) in [7, 11) is 1.61. The van der Waals surface area contributed by atoms with E-state index in [-0.39, 0.29) is 5.82 Å². The van der Waals surface area contributed by atoms with Gasteiger partial charge >= 0.3 is 0 Å². The molecule has 84 valence electrons. The Bertz CT molecular complexity index is 312. The van der Waals surface area contributed by atoms with Gasteiger partial charge in [0.05, 0.1) is 6.10 Å². The second-order valence-corrected chi connectivity index (χ2v) is 3.68. The van der Waals surface area contributed by atoms with Crippen molar-refractivity contribution in [2.75, 3.05) is 13.7 Å². The summed E-state index contributed by atoms with van der Waals surface area (Å²) in [4.78, 5) is 0. The molecular formula is C12H17FO2. The number of halogens is 1. The van der Waals surface area contributed by atoms with E-state index in [4.69, 9.17) is 4.74 Å². The summed E-state index contributed by atoms with van der Waals surface area (Å²) in [6.07, 6.45) is 0.513. The van der Waals surface area contributed by atoms with Gasteiger partial charge in [0.1, 0.15) is 5.82 Å². The van der Waals surface area contributed by atoms with Crippen molar-refractivity contribution < 1.29 is 14.2 Å². The van der Waals surface area contributed by atoms with Gasteiger partial charge in [0.2, 0.25) is 0 Å². The topological polar surface area (TPSA) is 29.5 Å². The second kappa shape index (κ2) is 5.83. The van der Waals surface area contributed by atoms with E-state index in [1.165, 1.54) is 6.07 Å². The Morgan fingerprint density at radius 1 is 1.47 bits per heavy atom. The molecule has 0 aromatic heterocycles. The molecule has 0 radical (unpaired) electrons. The van der Waals surface area contributed by atoms with Gasteiger partial charge in [0, 0.05) is 19.3 Å². The van der Waals surface area contributed by atoms with Gasteiger partial charge < -0.3 is 9.84 Å². The summed E-state index contributed by atoms with van der Waals surface area (Å²) in [5.41, 5.74) is 1.23. The normalized spacial score (nSPS) is 12.8. The molecule has 1 N–H and O–H groups in total. The quantitative estimate of drug-likeness (QED) is 0.760. The third-order valence-corrected chi connectivity index (χ3v) is 2.34. The van der Waals surface area contributed by atoms with Crippen molar-refractivity contribution in [2.45, 2.75) is 25.9 Å². The van der Waals surface area contributed by atoms with Crippen LogP contribution in [0.3, 0.4) is 0 Å². The lowest BCUT2D eigenvalue weighted by molar-refractivity contribution is 0.133. The van der Waals surface area contributed by atoms with Crippen molar-refractivity contribution in [3.05, 3.63) is 35.1 Å². The van der Waals surface area contributed by atoms with Gasteiger partial charge in [-0.05, 0) is 31.4 Å². The van der Waals surface area contributed by atoms with E-state index >= 15 is 0 Å². The molecule has 0 bridgehead atoms. The molecule has 15 heavy (non-hydrogen) atoms. The number of hydrogen-bond donors (Lipinski definition) is 1. The zero-order valence-corrected chi connectivity index (χ0v) is 9.16. The Labute approximate surface area is 89.7 Å². The predicted octanol–water partition coefficient (Wildman–Crippen LogP) is 2.59. The fourth-order valence-electron chi connectivity index (χ4n) is 1.48. The van der Waals surface area contributed by atoms with E-state index in [0.717, 1.165) is 12.0 Å². The third-order valence-electron chi connectivity index (χ3n) is 2.34. The Balaban J connectivity index is 2.61. The number of rotatable bonds is 5. The lowest BCUT2D eigenvalue weighted by Gasteiger charge is -2.11. The summed E-state index contributed by atoms with van der Waals surface area (Å²) in [6, 6.07) is 4.88. The lowest BCUT2D eigenvalue weighted by Crippen LogP contribution is -2.02. The molecule has 1 atom stereocenters. The first-order valence-electron chi connectivity index (χ1n) is 5.08. The van der Waals surface area contributed by atoms with E-state index < -0.39 is 6.10 Å². The van der Waals surface area contributed by atoms with Crippen LogP contribution in [-0.2, 0) is 4.74 Å². The summed E-state index contributed by atoms with van der Waals surface area (Å²) in [5, 5.41) is 9.72. The van der Waals surface area contributed by atoms with Crippen LogP contribution < -0.4 is 0 Å². The average Bonchev–Trinajstić information content (AvgIpc) is 2.17. The molecule has 0 saturated heterocycles. The summed E-state index contributed by atoms with van der Waals surface area (Å²) in [6.45, 7) is 2.41. The van der Waals surface area contributed by atoms with Crippen LogP contribution in [-0.4, -0.2) is 18.8 Å². The molecule has 1 unspecified atom stereocenters. The van der Waals surface area contributed by atoms with E-state index in [9.17, 15) is 9.50 Å². The van der Waals surface area contributed by atoms with Gasteiger partial charge in [-0.15, -0.1) is 0 Å². The maximum Gasteiger partial charge on any atom is 0.129 e. The highest BCUT2D eigenvalue weighted by Crippen LogP contribution is 2.22. The highest BCUT2D eigenvalue weighted by atomic mass is 19.1. The van der Waals surface area contributed by atoms with Crippen molar-refractivity contribution in [1.29, 1.82) is 0 Å². The Morgan fingerprint density at radius 3 is 2.80 bits per heavy atom. The molecule has 0 aliphatic heterocycles. The van der Waals surface area contributed by atoms with Crippen molar-refractivity contribution in [2.24, 2.45) is 0 Å². The van der Waals surface area contributed by atoms with Gasteiger partial charge in [-0.3, -0.25) is 0 Å². The van der Waals surface area contributed by atoms with Crippen molar-refractivity contribution in [3.63, 3.8) is 0 Å². The Hall–Kier alpha value is -0.930.